The third kappa shape index (κ3) is 6.89. The molecule has 196 valence electrons. The molecule has 0 spiro atoms. The molecule has 2 aromatic heterocycles. The number of carbonyl (C=O) groups excluding carboxylic acids is 1. The predicted octanol–water partition coefficient (Wildman–Crippen LogP) is 5.09. The van der Waals surface area contributed by atoms with Crippen LogP contribution in [0.5, 0.6) is 11.5 Å². The van der Waals surface area contributed by atoms with Crippen molar-refractivity contribution in [2.45, 2.75) is 20.3 Å². The Kier molecular flexibility index (Phi) is 8.60. The van der Waals surface area contributed by atoms with Gasteiger partial charge in [-0.2, -0.15) is 0 Å². The van der Waals surface area contributed by atoms with Gasteiger partial charge in [-0.05, 0) is 73.9 Å². The third-order valence-corrected chi connectivity index (χ3v) is 5.90. The fourth-order valence-corrected chi connectivity index (χ4v) is 4.10. The lowest BCUT2D eigenvalue weighted by molar-refractivity contribution is -0.115. The van der Waals surface area contributed by atoms with Gasteiger partial charge in [0, 0.05) is 46.1 Å². The lowest BCUT2D eigenvalue weighted by Gasteiger charge is -2.10. The smallest absolute Gasteiger partial charge is 0.250 e. The number of methoxy groups -OCH3 is 2. The molecule has 4 aromatic rings. The van der Waals surface area contributed by atoms with Crippen LogP contribution in [0.3, 0.4) is 0 Å². The van der Waals surface area contributed by atoms with Crippen LogP contribution in [0.4, 0.5) is 5.95 Å². The Morgan fingerprint density at radius 1 is 1.05 bits per heavy atom. The number of nitrogens with one attached hydrogen (secondary N) is 3. The first-order chi connectivity index (χ1) is 18.3. The molecule has 0 aliphatic rings. The van der Waals surface area contributed by atoms with Gasteiger partial charge in [0.25, 0.3) is 5.91 Å². The van der Waals surface area contributed by atoms with Crippen molar-refractivity contribution in [2.75, 3.05) is 26.1 Å². The van der Waals surface area contributed by atoms with Gasteiger partial charge in [0.1, 0.15) is 0 Å². The summed E-state index contributed by atoms with van der Waals surface area (Å²) in [5, 5.41) is 7.56. The second kappa shape index (κ2) is 12.2. The van der Waals surface area contributed by atoms with Gasteiger partial charge >= 0.3 is 0 Å². The maximum atomic E-state index is 12.8. The Hall–Kier alpha value is -4.37. The second-order valence-corrected chi connectivity index (χ2v) is 8.96. The molecule has 10 heteroatoms. The predicted molar refractivity (Wildman–Crippen MR) is 151 cm³/mol. The molecule has 9 nitrogen and oxygen atoms in total. The van der Waals surface area contributed by atoms with Crippen LogP contribution in [0.15, 0.2) is 59.7 Å². The molecule has 0 aliphatic carbocycles. The normalized spacial score (nSPS) is 11.7. The largest absolute Gasteiger partial charge is 0.493 e. The van der Waals surface area contributed by atoms with Crippen molar-refractivity contribution in [3.8, 4) is 11.5 Å². The molecule has 1 amide bonds. The molecule has 0 radical (unpaired) electrons. The first kappa shape index (κ1) is 26.7. The van der Waals surface area contributed by atoms with E-state index in [9.17, 15) is 4.79 Å². The number of aromatic nitrogens is 3. The number of anilines is 1. The average Bonchev–Trinajstić information content (AvgIpc) is 3.28. The first-order valence-electron chi connectivity index (χ1n) is 11.9. The highest BCUT2D eigenvalue weighted by Crippen LogP contribution is 2.28. The molecule has 2 aromatic carbocycles. The fourth-order valence-electron chi connectivity index (χ4n) is 3.93. The van der Waals surface area contributed by atoms with E-state index in [0.29, 0.717) is 35.4 Å². The maximum absolute atomic E-state index is 12.8. The molecular formula is C28H29ClN6O3. The maximum Gasteiger partial charge on any atom is 0.250 e. The Bertz CT molecular complexity index is 1490. The summed E-state index contributed by atoms with van der Waals surface area (Å²) in [4.78, 5) is 29.5. The van der Waals surface area contributed by atoms with E-state index < -0.39 is 0 Å². The summed E-state index contributed by atoms with van der Waals surface area (Å²) in [5.74, 6) is 1.41. The van der Waals surface area contributed by atoms with Crippen LogP contribution >= 0.6 is 11.6 Å². The number of halogens is 1. The van der Waals surface area contributed by atoms with Crippen molar-refractivity contribution < 1.29 is 14.3 Å². The van der Waals surface area contributed by atoms with E-state index >= 15 is 0 Å². The lowest BCUT2D eigenvalue weighted by atomic mass is 10.1. The first-order valence-corrected chi connectivity index (χ1v) is 12.3. The Morgan fingerprint density at radius 3 is 2.55 bits per heavy atom. The highest BCUT2D eigenvalue weighted by Gasteiger charge is 2.09. The number of ether oxygens (including phenoxy) is 2. The SMILES string of the molecule is COc1ccc(/C=C/C(=O)NC(=NCCc2c[nH]c3ccc(Cl)cc23)Nc2nc(C)cc(C)n2)cc1OC. The molecule has 0 aliphatic heterocycles. The van der Waals surface area contributed by atoms with E-state index in [-0.39, 0.29) is 11.9 Å². The third-order valence-electron chi connectivity index (χ3n) is 5.67. The highest BCUT2D eigenvalue weighted by atomic mass is 35.5. The lowest BCUT2D eigenvalue weighted by Crippen LogP contribution is -2.35. The summed E-state index contributed by atoms with van der Waals surface area (Å²) in [6.07, 6.45) is 5.68. The summed E-state index contributed by atoms with van der Waals surface area (Å²) < 4.78 is 10.6. The molecule has 2 heterocycles. The van der Waals surface area contributed by atoms with Crippen molar-refractivity contribution >= 4 is 46.4 Å². The monoisotopic (exact) mass is 532 g/mol. The second-order valence-electron chi connectivity index (χ2n) is 8.52. The van der Waals surface area contributed by atoms with E-state index in [4.69, 9.17) is 21.1 Å². The van der Waals surface area contributed by atoms with Crippen LogP contribution in [-0.4, -0.2) is 47.6 Å². The van der Waals surface area contributed by atoms with Crippen LogP contribution < -0.4 is 20.1 Å². The number of fused-ring (bicyclic) bond motifs is 1. The van der Waals surface area contributed by atoms with E-state index in [1.54, 1.807) is 32.4 Å². The number of rotatable bonds is 8. The number of carbonyl (C=O) groups is 1. The van der Waals surface area contributed by atoms with Crippen molar-refractivity contribution in [3.05, 3.63) is 82.3 Å². The molecule has 0 atom stereocenters. The van der Waals surface area contributed by atoms with Crippen LogP contribution in [0.2, 0.25) is 5.02 Å². The van der Waals surface area contributed by atoms with Gasteiger partial charge in [-0.3, -0.25) is 20.4 Å². The molecule has 0 unspecified atom stereocenters. The number of hydrogen-bond acceptors (Lipinski definition) is 6. The van der Waals surface area contributed by atoms with Gasteiger partial charge in [0.15, 0.2) is 11.5 Å². The number of guanidine groups is 1. The quantitative estimate of drug-likeness (QED) is 0.165. The number of aliphatic imine (C=N–C) groups is 1. The number of nitrogens with zero attached hydrogens (tertiary/aromatic N) is 3. The average molecular weight is 533 g/mol. The summed E-state index contributed by atoms with van der Waals surface area (Å²) in [6, 6.07) is 13.0. The number of H-pyrrole nitrogens is 1. The fraction of sp³-hybridized carbons (Fsp3) is 0.214. The van der Waals surface area contributed by atoms with E-state index in [1.807, 2.05) is 50.4 Å². The summed E-state index contributed by atoms with van der Waals surface area (Å²) >= 11 is 6.18. The summed E-state index contributed by atoms with van der Waals surface area (Å²) in [7, 11) is 3.13. The van der Waals surface area contributed by atoms with E-state index in [1.165, 1.54) is 6.08 Å². The Labute approximate surface area is 226 Å². The van der Waals surface area contributed by atoms with Crippen LogP contribution in [0, 0.1) is 13.8 Å². The number of benzene rings is 2. The number of hydrogen-bond donors (Lipinski definition) is 3. The Morgan fingerprint density at radius 2 is 1.82 bits per heavy atom. The van der Waals surface area contributed by atoms with Crippen molar-refractivity contribution in [1.82, 2.24) is 20.3 Å². The van der Waals surface area contributed by atoms with Crippen LogP contribution in [-0.2, 0) is 11.2 Å². The molecule has 0 saturated heterocycles. The zero-order valence-corrected chi connectivity index (χ0v) is 22.4. The summed E-state index contributed by atoms with van der Waals surface area (Å²) in [5.41, 5.74) is 4.46. The van der Waals surface area contributed by atoms with Gasteiger partial charge in [-0.15, -0.1) is 0 Å². The highest BCUT2D eigenvalue weighted by molar-refractivity contribution is 6.31. The van der Waals surface area contributed by atoms with Crippen molar-refractivity contribution in [2.24, 2.45) is 4.99 Å². The molecule has 0 saturated carbocycles. The minimum absolute atomic E-state index is 0.245. The topological polar surface area (TPSA) is 114 Å². The van der Waals surface area contributed by atoms with Gasteiger partial charge in [0.2, 0.25) is 11.9 Å². The minimum Gasteiger partial charge on any atom is -0.493 e. The summed E-state index contributed by atoms with van der Waals surface area (Å²) in [6.45, 7) is 4.17. The van der Waals surface area contributed by atoms with Gasteiger partial charge < -0.3 is 14.5 Å². The number of aromatic amines is 1. The Balaban J connectivity index is 1.51. The van der Waals surface area contributed by atoms with Crippen LogP contribution in [0.25, 0.3) is 17.0 Å². The van der Waals surface area contributed by atoms with Crippen molar-refractivity contribution in [1.29, 1.82) is 0 Å². The van der Waals surface area contributed by atoms with Gasteiger partial charge in [0.05, 0.1) is 14.2 Å². The molecule has 0 bridgehead atoms. The molecule has 4 rings (SSSR count). The molecule has 38 heavy (non-hydrogen) atoms. The zero-order valence-electron chi connectivity index (χ0n) is 21.6. The van der Waals surface area contributed by atoms with E-state index in [2.05, 4.69) is 30.6 Å². The van der Waals surface area contributed by atoms with Gasteiger partial charge in [-0.1, -0.05) is 17.7 Å². The minimum atomic E-state index is -0.366. The van der Waals surface area contributed by atoms with E-state index in [0.717, 1.165) is 33.4 Å². The standard InChI is InChI=1S/C28H29ClN6O3/c1-17-13-18(2)33-28(32-17)35-27(30-12-11-20-16-31-23-8-7-21(29)15-22(20)23)34-26(36)10-6-19-5-9-24(37-3)25(14-19)38-4/h5-10,13-16,31H,11-12H2,1-4H3,(H2,30,32,33,34,35,36)/b10-6+. The van der Waals surface area contributed by atoms with Crippen LogP contribution in [0.1, 0.15) is 22.5 Å². The molecule has 3 N–H and O–H groups in total. The number of amides is 1. The molecule has 0 fully saturated rings. The number of aryl methyl sites for hydroxylation is 2. The molecular weight excluding hydrogens is 504 g/mol. The zero-order chi connectivity index (χ0) is 27.1. The van der Waals surface area contributed by atoms with Gasteiger partial charge in [-0.25, -0.2) is 9.97 Å². The van der Waals surface area contributed by atoms with Crippen molar-refractivity contribution in [3.63, 3.8) is 0 Å².